The van der Waals surface area contributed by atoms with Crippen molar-refractivity contribution in [2.45, 2.75) is 33.6 Å². The van der Waals surface area contributed by atoms with Gasteiger partial charge in [-0.2, -0.15) is 0 Å². The van der Waals surface area contributed by atoms with Gasteiger partial charge < -0.3 is 18.9 Å². The monoisotopic (exact) mass is 504 g/mol. The number of hydrogen-bond acceptors (Lipinski definition) is 7. The van der Waals surface area contributed by atoms with Gasteiger partial charge in [-0.1, -0.05) is 38.1 Å². The standard InChI is InChI=1S/C28H26O7.C2H6/c1-3-26(29)33-19-5-4-18-32-23-12-10-22(11-13-23)28(31)35-25-16-14-24(15-17-25)34-27(30)21-8-6-20(2)7-9-21;1-2/h3,6-17H,1,4-5,18-19H2,2H3;1-2H3. The minimum atomic E-state index is -0.523. The van der Waals surface area contributed by atoms with E-state index < -0.39 is 17.9 Å². The average Bonchev–Trinajstić information content (AvgIpc) is 2.93. The van der Waals surface area contributed by atoms with Gasteiger partial charge in [0.15, 0.2) is 0 Å². The predicted octanol–water partition coefficient (Wildman–Crippen LogP) is 6.35. The summed E-state index contributed by atoms with van der Waals surface area (Å²) in [4.78, 5) is 35.6. The van der Waals surface area contributed by atoms with Gasteiger partial charge in [-0.15, -0.1) is 0 Å². The molecule has 37 heavy (non-hydrogen) atoms. The van der Waals surface area contributed by atoms with Crippen LogP contribution in [-0.2, 0) is 9.53 Å². The van der Waals surface area contributed by atoms with E-state index in [-0.39, 0.29) is 0 Å². The fourth-order valence-electron chi connectivity index (χ4n) is 2.91. The third kappa shape index (κ3) is 10.0. The lowest BCUT2D eigenvalue weighted by Crippen LogP contribution is -2.09. The Hall–Kier alpha value is -4.39. The summed E-state index contributed by atoms with van der Waals surface area (Å²) in [6.07, 6.45) is 2.51. The van der Waals surface area contributed by atoms with E-state index in [0.29, 0.717) is 54.4 Å². The Balaban J connectivity index is 0.00000235. The van der Waals surface area contributed by atoms with Crippen molar-refractivity contribution in [2.24, 2.45) is 0 Å². The molecule has 7 heteroatoms. The molecule has 0 saturated carbocycles. The number of benzene rings is 3. The maximum absolute atomic E-state index is 12.4. The Labute approximate surface area is 217 Å². The molecule has 7 nitrogen and oxygen atoms in total. The van der Waals surface area contributed by atoms with Crippen LogP contribution in [0.3, 0.4) is 0 Å². The lowest BCUT2D eigenvalue weighted by atomic mass is 10.1. The molecule has 194 valence electrons. The molecular formula is C30H32O7. The lowest BCUT2D eigenvalue weighted by molar-refractivity contribution is -0.137. The van der Waals surface area contributed by atoms with Gasteiger partial charge in [0, 0.05) is 6.08 Å². The van der Waals surface area contributed by atoms with Crippen LogP contribution >= 0.6 is 0 Å². The van der Waals surface area contributed by atoms with E-state index >= 15 is 0 Å². The summed E-state index contributed by atoms with van der Waals surface area (Å²) in [6, 6.07) is 19.9. The molecule has 3 aromatic carbocycles. The Morgan fingerprint density at radius 2 is 1.11 bits per heavy atom. The normalized spacial score (nSPS) is 9.81. The summed E-state index contributed by atoms with van der Waals surface area (Å²) in [6.45, 7) is 10.0. The highest BCUT2D eigenvalue weighted by atomic mass is 16.5. The molecule has 0 aliphatic carbocycles. The maximum atomic E-state index is 12.4. The van der Waals surface area contributed by atoms with Gasteiger partial charge in [0.25, 0.3) is 0 Å². The first-order valence-corrected chi connectivity index (χ1v) is 12.1. The van der Waals surface area contributed by atoms with Crippen molar-refractivity contribution < 1.29 is 33.3 Å². The van der Waals surface area contributed by atoms with E-state index in [1.54, 1.807) is 60.7 Å². The molecule has 0 saturated heterocycles. The molecule has 3 rings (SSSR count). The van der Waals surface area contributed by atoms with E-state index in [4.69, 9.17) is 18.9 Å². The highest BCUT2D eigenvalue weighted by molar-refractivity contribution is 5.92. The second-order valence-corrected chi connectivity index (χ2v) is 7.57. The molecule has 0 N–H and O–H groups in total. The largest absolute Gasteiger partial charge is 0.494 e. The van der Waals surface area contributed by atoms with Gasteiger partial charge in [-0.05, 0) is 80.4 Å². The quantitative estimate of drug-likeness (QED) is 0.130. The summed E-state index contributed by atoms with van der Waals surface area (Å²) in [5, 5.41) is 0. The first kappa shape index (κ1) is 28.8. The summed E-state index contributed by atoms with van der Waals surface area (Å²) in [5.74, 6) is -0.146. The molecular weight excluding hydrogens is 472 g/mol. The van der Waals surface area contributed by atoms with Crippen LogP contribution in [0.2, 0.25) is 0 Å². The molecule has 0 amide bonds. The van der Waals surface area contributed by atoms with Crippen molar-refractivity contribution in [1.29, 1.82) is 0 Å². The molecule has 0 aromatic heterocycles. The zero-order valence-corrected chi connectivity index (χ0v) is 21.4. The molecule has 0 bridgehead atoms. The molecule has 0 aliphatic heterocycles. The van der Waals surface area contributed by atoms with Gasteiger partial charge in [0.2, 0.25) is 0 Å². The number of esters is 3. The smallest absolute Gasteiger partial charge is 0.343 e. The van der Waals surface area contributed by atoms with Crippen LogP contribution in [0.15, 0.2) is 85.5 Å². The van der Waals surface area contributed by atoms with Crippen LogP contribution in [0.4, 0.5) is 0 Å². The van der Waals surface area contributed by atoms with Crippen molar-refractivity contribution in [3.8, 4) is 17.2 Å². The molecule has 3 aromatic rings. The number of carbonyl (C=O) groups excluding carboxylic acids is 3. The minimum Gasteiger partial charge on any atom is -0.494 e. The van der Waals surface area contributed by atoms with Crippen molar-refractivity contribution in [1.82, 2.24) is 0 Å². The summed E-state index contributed by atoms with van der Waals surface area (Å²) >= 11 is 0. The zero-order chi connectivity index (χ0) is 27.0. The number of ether oxygens (including phenoxy) is 4. The van der Waals surface area contributed by atoms with Gasteiger partial charge in [-0.3, -0.25) is 0 Å². The summed E-state index contributed by atoms with van der Waals surface area (Å²) < 4.78 is 21.2. The summed E-state index contributed by atoms with van der Waals surface area (Å²) in [5.41, 5.74) is 1.87. The second kappa shape index (κ2) is 15.6. The maximum Gasteiger partial charge on any atom is 0.343 e. The third-order valence-electron chi connectivity index (χ3n) is 4.84. The van der Waals surface area contributed by atoms with E-state index in [0.717, 1.165) is 11.6 Å². The van der Waals surface area contributed by atoms with Crippen molar-refractivity contribution in [3.05, 3.63) is 102 Å². The van der Waals surface area contributed by atoms with Crippen LogP contribution in [-0.4, -0.2) is 31.1 Å². The van der Waals surface area contributed by atoms with Crippen LogP contribution in [0.5, 0.6) is 17.2 Å². The van der Waals surface area contributed by atoms with Crippen molar-refractivity contribution in [2.75, 3.05) is 13.2 Å². The highest BCUT2D eigenvalue weighted by Gasteiger charge is 2.11. The van der Waals surface area contributed by atoms with Gasteiger partial charge in [0.1, 0.15) is 17.2 Å². The molecule has 0 aliphatic rings. The topological polar surface area (TPSA) is 88.1 Å². The number of rotatable bonds is 11. The third-order valence-corrected chi connectivity index (χ3v) is 4.84. The van der Waals surface area contributed by atoms with E-state index in [1.165, 1.54) is 0 Å². The van der Waals surface area contributed by atoms with E-state index in [1.807, 2.05) is 32.9 Å². The number of unbranched alkanes of at least 4 members (excludes halogenated alkanes) is 1. The van der Waals surface area contributed by atoms with E-state index in [2.05, 4.69) is 6.58 Å². The Morgan fingerprint density at radius 1 is 0.676 bits per heavy atom. The Morgan fingerprint density at radius 3 is 1.59 bits per heavy atom. The Kier molecular flexibility index (Phi) is 12.1. The second-order valence-electron chi connectivity index (χ2n) is 7.57. The SMILES string of the molecule is C=CC(=O)OCCCCOc1ccc(C(=O)Oc2ccc(OC(=O)c3ccc(C)cc3)cc2)cc1.CC. The number of hydrogen-bond donors (Lipinski definition) is 0. The first-order valence-electron chi connectivity index (χ1n) is 12.1. The molecule has 0 fully saturated rings. The van der Waals surface area contributed by atoms with Gasteiger partial charge >= 0.3 is 17.9 Å². The molecule has 0 spiro atoms. The highest BCUT2D eigenvalue weighted by Crippen LogP contribution is 2.21. The predicted molar refractivity (Wildman–Crippen MR) is 141 cm³/mol. The lowest BCUT2D eigenvalue weighted by Gasteiger charge is -2.08. The Bertz CT molecular complexity index is 1150. The average molecular weight is 505 g/mol. The van der Waals surface area contributed by atoms with Gasteiger partial charge in [0.05, 0.1) is 24.3 Å². The molecule has 0 unspecified atom stereocenters. The van der Waals surface area contributed by atoms with Crippen LogP contribution in [0.1, 0.15) is 53.0 Å². The van der Waals surface area contributed by atoms with Crippen LogP contribution < -0.4 is 14.2 Å². The van der Waals surface area contributed by atoms with Crippen LogP contribution in [0, 0.1) is 6.92 Å². The summed E-state index contributed by atoms with van der Waals surface area (Å²) in [7, 11) is 0. The number of carbonyl (C=O) groups is 3. The van der Waals surface area contributed by atoms with Crippen molar-refractivity contribution in [3.63, 3.8) is 0 Å². The van der Waals surface area contributed by atoms with E-state index in [9.17, 15) is 14.4 Å². The zero-order valence-electron chi connectivity index (χ0n) is 21.4. The van der Waals surface area contributed by atoms with Gasteiger partial charge in [-0.25, -0.2) is 14.4 Å². The van der Waals surface area contributed by atoms with Crippen molar-refractivity contribution >= 4 is 17.9 Å². The molecule has 0 heterocycles. The molecule has 0 atom stereocenters. The van der Waals surface area contributed by atoms with Crippen LogP contribution in [0.25, 0.3) is 0 Å². The number of aryl methyl sites for hydroxylation is 1. The molecule has 0 radical (unpaired) electrons. The fraction of sp³-hybridized carbons (Fsp3) is 0.233. The fourth-order valence-corrected chi connectivity index (χ4v) is 2.91. The minimum absolute atomic E-state index is 0.315. The first-order chi connectivity index (χ1) is 17.9.